The maximum absolute atomic E-state index is 10.9. The molecule has 0 amide bonds. The molecule has 50 valence electrons. The van der Waals surface area contributed by atoms with E-state index >= 15 is 0 Å². The van der Waals surface area contributed by atoms with Crippen molar-refractivity contribution in [3.63, 3.8) is 0 Å². The Morgan fingerprint density at radius 1 is 1.20 bits per heavy atom. The molecule has 0 N–H and O–H groups in total. The van der Waals surface area contributed by atoms with E-state index in [-0.39, 0.29) is 0 Å². The van der Waals surface area contributed by atoms with E-state index < -0.39 is 47.8 Å². The van der Waals surface area contributed by atoms with E-state index in [1.807, 2.05) is 0 Å². The minimum Gasteiger partial charge on any atom is -0.298 e. The number of rotatable bonds is 2. The largest absolute Gasteiger partial charge is 0.298 e. The summed E-state index contributed by atoms with van der Waals surface area (Å²) in [7, 11) is 0. The van der Waals surface area contributed by atoms with Crippen LogP contribution in [0.3, 0.4) is 0 Å². The Morgan fingerprint density at radius 2 is 1.60 bits per heavy atom. The highest BCUT2D eigenvalue weighted by atomic mass is 16.1. The molecule has 0 heterocycles. The van der Waals surface area contributed by atoms with Crippen molar-refractivity contribution in [2.75, 3.05) is 0 Å². The molecule has 0 bridgehead atoms. The van der Waals surface area contributed by atoms with Crippen molar-refractivity contribution in [2.24, 2.45) is 0 Å². The lowest BCUT2D eigenvalue weighted by Gasteiger charge is -1.91. The number of hydrogen-bond donors (Lipinski definition) is 0. The maximum Gasteiger partial charge on any atom is 0.150 e. The number of carbonyl (C=O) groups is 2. The lowest BCUT2D eigenvalue weighted by molar-refractivity contribution is 0.109. The summed E-state index contributed by atoms with van der Waals surface area (Å²) in [5.74, 6) is 0. The molecule has 0 fully saturated rings. The SMILES string of the molecule is [2H]C(=O)c1c([2H])c([2H])c([2H])c([2H])c1C([2H])=O. The van der Waals surface area contributed by atoms with Gasteiger partial charge in [0, 0.05) is 11.1 Å². The zero-order valence-electron chi connectivity index (χ0n) is 10.8. The number of carbonyl (C=O) groups excluding carboxylic acids is 2. The molecule has 0 radical (unpaired) electrons. The molecule has 0 aromatic heterocycles. The van der Waals surface area contributed by atoms with Crippen LogP contribution in [0.5, 0.6) is 0 Å². The standard InChI is InChI=1S/C8H6O2/c9-5-7-3-1-2-4-8(7)6-10/h1-6H/i1D,2D,3D,4D,5D,6D. The first-order chi connectivity index (χ1) is 7.29. The van der Waals surface area contributed by atoms with Gasteiger partial charge in [-0.3, -0.25) is 9.59 Å². The van der Waals surface area contributed by atoms with Gasteiger partial charge < -0.3 is 0 Å². The molecule has 0 aliphatic heterocycles. The molecule has 0 unspecified atom stereocenters. The average Bonchev–Trinajstić information content (AvgIpc) is 2.18. The second-order valence-electron chi connectivity index (χ2n) is 1.45. The fourth-order valence-corrected chi connectivity index (χ4v) is 0.466. The number of benzene rings is 1. The van der Waals surface area contributed by atoms with Gasteiger partial charge in [-0.2, -0.15) is 0 Å². The first kappa shape index (κ1) is 2.31. The molecule has 2 heteroatoms. The van der Waals surface area contributed by atoms with Crippen molar-refractivity contribution >= 4 is 12.5 Å². The fraction of sp³-hybridized carbons (Fsp3) is 0. The Balaban J connectivity index is 3.83. The monoisotopic (exact) mass is 140 g/mol. The summed E-state index contributed by atoms with van der Waals surface area (Å²) in [6.45, 7) is 0. The van der Waals surface area contributed by atoms with Crippen LogP contribution in [0.15, 0.2) is 24.2 Å². The second kappa shape index (κ2) is 2.92. The molecule has 0 saturated heterocycles. The van der Waals surface area contributed by atoms with Crippen molar-refractivity contribution in [1.82, 2.24) is 0 Å². The van der Waals surface area contributed by atoms with E-state index in [1.165, 1.54) is 0 Å². The summed E-state index contributed by atoms with van der Waals surface area (Å²) >= 11 is 0. The second-order valence-corrected chi connectivity index (χ2v) is 1.45. The van der Waals surface area contributed by atoms with E-state index in [2.05, 4.69) is 0 Å². The van der Waals surface area contributed by atoms with Crippen molar-refractivity contribution in [3.8, 4) is 0 Å². The van der Waals surface area contributed by atoms with Gasteiger partial charge in [-0.15, -0.1) is 0 Å². The fourth-order valence-electron chi connectivity index (χ4n) is 0.466. The van der Waals surface area contributed by atoms with E-state index in [1.54, 1.807) is 0 Å². The summed E-state index contributed by atoms with van der Waals surface area (Å²) in [6, 6.07) is -2.94. The zero-order chi connectivity index (χ0) is 12.6. The molecular formula is C8H6O2. The molecule has 0 saturated carbocycles. The van der Waals surface area contributed by atoms with Gasteiger partial charge in [0.25, 0.3) is 0 Å². The van der Waals surface area contributed by atoms with E-state index in [0.717, 1.165) is 0 Å². The molecule has 1 aromatic rings. The van der Waals surface area contributed by atoms with Crippen molar-refractivity contribution in [2.45, 2.75) is 0 Å². The van der Waals surface area contributed by atoms with Crippen LogP contribution >= 0.6 is 0 Å². The zero-order valence-corrected chi connectivity index (χ0v) is 4.82. The lowest BCUT2D eigenvalue weighted by Crippen LogP contribution is -1.87. The summed E-state index contributed by atoms with van der Waals surface area (Å²) < 4.78 is 42.8. The van der Waals surface area contributed by atoms with E-state index in [9.17, 15) is 9.59 Å². The molecule has 10 heavy (non-hydrogen) atoms. The van der Waals surface area contributed by atoms with Gasteiger partial charge in [-0.05, 0) is 0 Å². The third-order valence-electron chi connectivity index (χ3n) is 0.892. The average molecular weight is 140 g/mol. The minimum atomic E-state index is -1.41. The molecule has 0 aliphatic rings. The van der Waals surface area contributed by atoms with Gasteiger partial charge in [-0.25, -0.2) is 0 Å². The van der Waals surface area contributed by atoms with Crippen molar-refractivity contribution in [3.05, 3.63) is 35.3 Å². The van der Waals surface area contributed by atoms with Gasteiger partial charge in [0.2, 0.25) is 0 Å². The Hall–Kier alpha value is -1.44. The Labute approximate surface area is 66.9 Å². The summed E-state index contributed by atoms with van der Waals surface area (Å²) in [5.41, 5.74) is -1.52. The van der Waals surface area contributed by atoms with Gasteiger partial charge in [-0.1, -0.05) is 24.2 Å². The number of hydrogen-bond acceptors (Lipinski definition) is 2. The first-order valence-corrected chi connectivity index (χ1v) is 2.41. The predicted molar refractivity (Wildman–Crippen MR) is 37.2 cm³/mol. The Bertz CT molecular complexity index is 451. The van der Waals surface area contributed by atoms with Crippen LogP contribution in [-0.4, -0.2) is 12.5 Å². The van der Waals surface area contributed by atoms with Crippen LogP contribution < -0.4 is 0 Å². The summed E-state index contributed by atoms with van der Waals surface area (Å²) in [6.07, 6.45) is -2.83. The Kier molecular flexibility index (Phi) is 0.673. The summed E-state index contributed by atoms with van der Waals surface area (Å²) in [5, 5.41) is 0. The third-order valence-corrected chi connectivity index (χ3v) is 0.892. The third kappa shape index (κ3) is 1.10. The van der Waals surface area contributed by atoms with Crippen LogP contribution in [0, 0.1) is 0 Å². The van der Waals surface area contributed by atoms with Crippen LogP contribution in [0.2, 0.25) is 0 Å². The van der Waals surface area contributed by atoms with E-state index in [4.69, 9.17) is 8.22 Å². The topological polar surface area (TPSA) is 34.1 Å². The van der Waals surface area contributed by atoms with Gasteiger partial charge in [0.1, 0.15) is 2.74 Å². The highest BCUT2D eigenvalue weighted by molar-refractivity contribution is 5.89. The summed E-state index contributed by atoms with van der Waals surface area (Å²) in [4.78, 5) is 21.8. The van der Waals surface area contributed by atoms with Gasteiger partial charge in [0.05, 0.1) is 5.48 Å². The normalized spacial score (nSPS) is 17.2. The van der Waals surface area contributed by atoms with Crippen molar-refractivity contribution < 1.29 is 17.8 Å². The predicted octanol–water partition coefficient (Wildman–Crippen LogP) is 1.31. The van der Waals surface area contributed by atoms with E-state index in [0.29, 0.717) is 0 Å². The molecule has 1 aromatic carbocycles. The first-order valence-electron chi connectivity index (χ1n) is 5.41. The molecule has 1 rings (SSSR count). The quantitative estimate of drug-likeness (QED) is 0.580. The highest BCUT2D eigenvalue weighted by Gasteiger charge is 1.95. The van der Waals surface area contributed by atoms with Crippen LogP contribution in [-0.2, 0) is 0 Å². The molecular weight excluding hydrogens is 128 g/mol. The lowest BCUT2D eigenvalue weighted by atomic mass is 10.1. The number of aldehydes is 2. The highest BCUT2D eigenvalue weighted by Crippen LogP contribution is 2.01. The van der Waals surface area contributed by atoms with Crippen LogP contribution in [0.4, 0.5) is 0 Å². The van der Waals surface area contributed by atoms with Gasteiger partial charge in [0.15, 0.2) is 12.5 Å². The van der Waals surface area contributed by atoms with Crippen molar-refractivity contribution in [1.29, 1.82) is 0 Å². The molecule has 0 spiro atoms. The molecule has 2 nitrogen and oxygen atoms in total. The van der Waals surface area contributed by atoms with Crippen LogP contribution in [0.1, 0.15) is 28.9 Å². The molecule has 0 atom stereocenters. The maximum atomic E-state index is 10.9. The molecule has 0 aliphatic carbocycles. The minimum absolute atomic E-state index is 0.703. The van der Waals surface area contributed by atoms with Crippen LogP contribution in [0.25, 0.3) is 0 Å². The van der Waals surface area contributed by atoms with Gasteiger partial charge >= 0.3 is 0 Å². The smallest absolute Gasteiger partial charge is 0.150 e. The Morgan fingerprint density at radius 3 is 1.90 bits per heavy atom.